The summed E-state index contributed by atoms with van der Waals surface area (Å²) in [5.74, 6) is -0.0682. The van der Waals surface area contributed by atoms with Crippen molar-refractivity contribution in [3.05, 3.63) is 72.1 Å². The monoisotopic (exact) mass is 307 g/mol. The van der Waals surface area contributed by atoms with Gasteiger partial charge in [0.1, 0.15) is 6.33 Å². The molecule has 0 bridgehead atoms. The van der Waals surface area contributed by atoms with Crippen molar-refractivity contribution in [3.8, 4) is 5.69 Å². The molecule has 1 amide bonds. The van der Waals surface area contributed by atoms with E-state index in [0.717, 1.165) is 18.5 Å². The molecule has 1 heterocycles. The van der Waals surface area contributed by atoms with Crippen molar-refractivity contribution < 1.29 is 4.79 Å². The SMILES string of the molecule is O=C(NCCCc1ccccc1)c1ccc(-n2cnnn2)cc1. The third-order valence-electron chi connectivity index (χ3n) is 3.51. The smallest absolute Gasteiger partial charge is 0.251 e. The van der Waals surface area contributed by atoms with Gasteiger partial charge in [-0.2, -0.15) is 0 Å². The zero-order valence-electron chi connectivity index (χ0n) is 12.6. The van der Waals surface area contributed by atoms with Crippen LogP contribution in [0.25, 0.3) is 5.69 Å². The molecule has 3 rings (SSSR count). The summed E-state index contributed by atoms with van der Waals surface area (Å²) in [4.78, 5) is 12.1. The highest BCUT2D eigenvalue weighted by Crippen LogP contribution is 2.08. The van der Waals surface area contributed by atoms with E-state index in [1.807, 2.05) is 30.3 Å². The lowest BCUT2D eigenvalue weighted by Gasteiger charge is -2.06. The van der Waals surface area contributed by atoms with E-state index in [0.29, 0.717) is 12.1 Å². The number of nitrogens with zero attached hydrogens (tertiary/aromatic N) is 4. The van der Waals surface area contributed by atoms with Gasteiger partial charge in [0.25, 0.3) is 5.91 Å². The van der Waals surface area contributed by atoms with Crippen LogP contribution in [-0.4, -0.2) is 32.7 Å². The Labute approximate surface area is 134 Å². The topological polar surface area (TPSA) is 72.7 Å². The molecule has 6 nitrogen and oxygen atoms in total. The van der Waals surface area contributed by atoms with Gasteiger partial charge >= 0.3 is 0 Å². The second-order valence-corrected chi connectivity index (χ2v) is 5.15. The molecule has 0 aliphatic heterocycles. The minimum Gasteiger partial charge on any atom is -0.352 e. The van der Waals surface area contributed by atoms with Gasteiger partial charge < -0.3 is 5.32 Å². The Morgan fingerprint density at radius 3 is 2.52 bits per heavy atom. The van der Waals surface area contributed by atoms with Gasteiger partial charge in [0.15, 0.2) is 0 Å². The summed E-state index contributed by atoms with van der Waals surface area (Å²) in [6, 6.07) is 17.4. The van der Waals surface area contributed by atoms with Crippen LogP contribution >= 0.6 is 0 Å². The second kappa shape index (κ2) is 7.31. The first-order valence-corrected chi connectivity index (χ1v) is 7.48. The van der Waals surface area contributed by atoms with Crippen molar-refractivity contribution in [3.63, 3.8) is 0 Å². The van der Waals surface area contributed by atoms with Gasteiger partial charge in [-0.05, 0) is 53.1 Å². The van der Waals surface area contributed by atoms with E-state index >= 15 is 0 Å². The molecule has 6 heteroatoms. The van der Waals surface area contributed by atoms with E-state index in [2.05, 4.69) is 33.0 Å². The zero-order chi connectivity index (χ0) is 15.9. The normalized spacial score (nSPS) is 10.4. The summed E-state index contributed by atoms with van der Waals surface area (Å²) in [7, 11) is 0. The van der Waals surface area contributed by atoms with E-state index in [4.69, 9.17) is 0 Å². The largest absolute Gasteiger partial charge is 0.352 e. The number of hydrogen-bond donors (Lipinski definition) is 1. The van der Waals surface area contributed by atoms with Crippen LogP contribution in [0.3, 0.4) is 0 Å². The first-order chi connectivity index (χ1) is 11.3. The van der Waals surface area contributed by atoms with E-state index in [1.54, 1.807) is 16.8 Å². The first kappa shape index (κ1) is 14.9. The lowest BCUT2D eigenvalue weighted by Crippen LogP contribution is -2.24. The van der Waals surface area contributed by atoms with Crippen LogP contribution in [0.4, 0.5) is 0 Å². The number of carbonyl (C=O) groups is 1. The Morgan fingerprint density at radius 1 is 1.04 bits per heavy atom. The van der Waals surface area contributed by atoms with Crippen molar-refractivity contribution in [2.24, 2.45) is 0 Å². The zero-order valence-corrected chi connectivity index (χ0v) is 12.6. The highest BCUT2D eigenvalue weighted by Gasteiger charge is 2.05. The molecule has 0 aliphatic rings. The summed E-state index contributed by atoms with van der Waals surface area (Å²) in [5, 5.41) is 13.9. The van der Waals surface area contributed by atoms with E-state index < -0.39 is 0 Å². The minimum atomic E-state index is -0.0682. The number of rotatable bonds is 6. The molecule has 0 aliphatic carbocycles. The molecule has 0 saturated heterocycles. The van der Waals surface area contributed by atoms with Crippen LogP contribution in [0.1, 0.15) is 22.3 Å². The highest BCUT2D eigenvalue weighted by atomic mass is 16.1. The Bertz CT molecular complexity index is 738. The number of aryl methyl sites for hydroxylation is 1. The molecule has 0 fully saturated rings. The average molecular weight is 307 g/mol. The van der Waals surface area contributed by atoms with Crippen molar-refractivity contribution in [2.75, 3.05) is 6.54 Å². The number of benzene rings is 2. The van der Waals surface area contributed by atoms with Crippen LogP contribution in [0.5, 0.6) is 0 Å². The lowest BCUT2D eigenvalue weighted by molar-refractivity contribution is 0.0953. The van der Waals surface area contributed by atoms with Crippen LogP contribution in [0.2, 0.25) is 0 Å². The summed E-state index contributed by atoms with van der Waals surface area (Å²) in [6.07, 6.45) is 3.39. The third-order valence-corrected chi connectivity index (χ3v) is 3.51. The number of nitrogens with one attached hydrogen (secondary N) is 1. The molecule has 0 atom stereocenters. The molecule has 0 spiro atoms. The fourth-order valence-corrected chi connectivity index (χ4v) is 2.29. The second-order valence-electron chi connectivity index (χ2n) is 5.15. The molecule has 0 saturated carbocycles. The Hall–Kier alpha value is -3.02. The maximum atomic E-state index is 12.1. The average Bonchev–Trinajstić information content (AvgIpc) is 3.14. The third kappa shape index (κ3) is 4.00. The van der Waals surface area contributed by atoms with Crippen LogP contribution in [-0.2, 0) is 6.42 Å². The molecular formula is C17H17N5O. The molecule has 23 heavy (non-hydrogen) atoms. The summed E-state index contributed by atoms with van der Waals surface area (Å²) in [5.41, 5.74) is 2.73. The Kier molecular flexibility index (Phi) is 4.73. The molecule has 0 unspecified atom stereocenters. The molecular weight excluding hydrogens is 290 g/mol. The molecule has 2 aromatic carbocycles. The number of tetrazole rings is 1. The van der Waals surface area contributed by atoms with E-state index in [-0.39, 0.29) is 5.91 Å². The first-order valence-electron chi connectivity index (χ1n) is 7.48. The number of amides is 1. The molecule has 0 radical (unpaired) electrons. The van der Waals surface area contributed by atoms with Crippen molar-refractivity contribution >= 4 is 5.91 Å². The molecule has 1 N–H and O–H groups in total. The maximum Gasteiger partial charge on any atom is 0.251 e. The standard InChI is InChI=1S/C17H17N5O/c23-17(18-12-4-7-14-5-2-1-3-6-14)15-8-10-16(11-9-15)22-13-19-20-21-22/h1-3,5-6,8-11,13H,4,7,12H2,(H,18,23). The van der Waals surface area contributed by atoms with Gasteiger partial charge in [-0.3, -0.25) is 4.79 Å². The van der Waals surface area contributed by atoms with E-state index in [1.165, 1.54) is 11.9 Å². The number of hydrogen-bond acceptors (Lipinski definition) is 4. The van der Waals surface area contributed by atoms with Gasteiger partial charge in [-0.15, -0.1) is 5.10 Å². The quantitative estimate of drug-likeness (QED) is 0.707. The fourth-order valence-electron chi connectivity index (χ4n) is 2.29. The molecule has 3 aromatic rings. The maximum absolute atomic E-state index is 12.1. The van der Waals surface area contributed by atoms with Gasteiger partial charge in [0.2, 0.25) is 0 Å². The number of aromatic nitrogens is 4. The number of carbonyl (C=O) groups excluding carboxylic acids is 1. The predicted molar refractivity (Wildman–Crippen MR) is 86.3 cm³/mol. The van der Waals surface area contributed by atoms with Gasteiger partial charge in [0, 0.05) is 12.1 Å². The van der Waals surface area contributed by atoms with Crippen molar-refractivity contribution in [2.45, 2.75) is 12.8 Å². The van der Waals surface area contributed by atoms with Gasteiger partial charge in [-0.25, -0.2) is 4.68 Å². The van der Waals surface area contributed by atoms with Crippen molar-refractivity contribution in [1.29, 1.82) is 0 Å². The molecule has 116 valence electrons. The van der Waals surface area contributed by atoms with Crippen LogP contribution < -0.4 is 5.32 Å². The van der Waals surface area contributed by atoms with E-state index in [9.17, 15) is 4.79 Å². The van der Waals surface area contributed by atoms with Gasteiger partial charge in [-0.1, -0.05) is 30.3 Å². The summed E-state index contributed by atoms with van der Waals surface area (Å²) < 4.78 is 1.54. The highest BCUT2D eigenvalue weighted by molar-refractivity contribution is 5.94. The molecule has 1 aromatic heterocycles. The van der Waals surface area contributed by atoms with Crippen LogP contribution in [0.15, 0.2) is 60.9 Å². The Balaban J connectivity index is 1.48. The summed E-state index contributed by atoms with van der Waals surface area (Å²) >= 11 is 0. The van der Waals surface area contributed by atoms with Crippen molar-refractivity contribution in [1.82, 2.24) is 25.5 Å². The Morgan fingerprint density at radius 2 is 1.83 bits per heavy atom. The summed E-state index contributed by atoms with van der Waals surface area (Å²) in [6.45, 7) is 0.655. The minimum absolute atomic E-state index is 0.0682. The van der Waals surface area contributed by atoms with Gasteiger partial charge in [0.05, 0.1) is 5.69 Å². The fraction of sp³-hybridized carbons (Fsp3) is 0.176. The lowest BCUT2D eigenvalue weighted by atomic mass is 10.1. The van der Waals surface area contributed by atoms with Crippen LogP contribution in [0, 0.1) is 0 Å². The predicted octanol–water partition coefficient (Wildman–Crippen LogP) is 2.02.